The molecule has 0 amide bonds. The molecule has 0 radical (unpaired) electrons. The number of hydrogen-bond acceptors (Lipinski definition) is 1. The van der Waals surface area contributed by atoms with Crippen LogP contribution in [0.5, 0.6) is 0 Å². The molecule has 5 heteroatoms. The summed E-state index contributed by atoms with van der Waals surface area (Å²) in [5, 5.41) is 0. The molecule has 0 saturated carbocycles. The fraction of sp³-hybridized carbons (Fsp3) is 0.900. The van der Waals surface area contributed by atoms with Crippen molar-refractivity contribution in [2.24, 2.45) is 0 Å². The summed E-state index contributed by atoms with van der Waals surface area (Å²) in [7, 11) is -2.87. The Labute approximate surface area is 137 Å². The molecule has 0 rings (SSSR count). The van der Waals surface area contributed by atoms with Gasteiger partial charge in [-0.2, -0.15) is 12.8 Å². The first-order valence-corrected chi connectivity index (χ1v) is 6.48. The average Bonchev–Trinajstić information content (AvgIpc) is 2.10. The van der Waals surface area contributed by atoms with Gasteiger partial charge < -0.3 is 6.42 Å². The monoisotopic (exact) mass is 261 g/mol. The summed E-state index contributed by atoms with van der Waals surface area (Å²) in [6, 6.07) is 0. The Morgan fingerprint density at radius 1 is 1.07 bits per heavy atom. The maximum Gasteiger partial charge on any atom is 1.00 e. The van der Waals surface area contributed by atoms with Crippen LogP contribution in [-0.4, -0.2) is 9.79 Å². The molecule has 0 aliphatic carbocycles. The summed E-state index contributed by atoms with van der Waals surface area (Å²) in [5.41, 5.74) is 0. The fourth-order valence-corrected chi connectivity index (χ4v) is 1.10. The van der Waals surface area contributed by atoms with Crippen LogP contribution >= 0.6 is 8.25 Å². The third kappa shape index (κ3) is 39.0. The zero-order chi connectivity index (χ0) is 11.2. The van der Waals surface area contributed by atoms with Gasteiger partial charge in [-0.05, 0) is 0 Å². The van der Waals surface area contributed by atoms with Crippen molar-refractivity contribution >= 4 is 8.25 Å². The Bertz CT molecular complexity index is 111. The standard InChI is InChI=1S/C10H21.K.HO3P/c1-3-5-7-9-10-8-6-4-2;;1-4(2)3/h5H,3-4,6-10H2,1-2H3;;(H-,1,2,3)/q-1;+1;/p+1. The number of unbranched alkanes of at least 4 members (excludes halogenated alkanes) is 7. The molecule has 86 valence electrons. The second kappa shape index (κ2) is 21.0. The van der Waals surface area contributed by atoms with E-state index in [4.69, 9.17) is 14.4 Å². The van der Waals surface area contributed by atoms with Crippen LogP contribution in [0.4, 0.5) is 0 Å². The minimum absolute atomic E-state index is 0. The predicted molar refractivity (Wildman–Crippen MR) is 60.0 cm³/mol. The van der Waals surface area contributed by atoms with Crippen LogP contribution in [-0.2, 0) is 4.57 Å². The Balaban J connectivity index is -0.000000249. The van der Waals surface area contributed by atoms with E-state index in [9.17, 15) is 0 Å². The summed E-state index contributed by atoms with van der Waals surface area (Å²) in [6.07, 6.45) is 12.0. The van der Waals surface area contributed by atoms with Crippen molar-refractivity contribution in [1.29, 1.82) is 0 Å². The summed E-state index contributed by atoms with van der Waals surface area (Å²) in [4.78, 5) is 14.2. The van der Waals surface area contributed by atoms with E-state index in [0.717, 1.165) is 0 Å². The Kier molecular flexibility index (Phi) is 30.6. The molecule has 0 atom stereocenters. The molecule has 0 aromatic heterocycles. The molecule has 0 bridgehead atoms. The second-order valence-corrected chi connectivity index (χ2v) is 3.66. The Morgan fingerprint density at radius 2 is 1.53 bits per heavy atom. The summed E-state index contributed by atoms with van der Waals surface area (Å²) in [6.45, 7) is 4.48. The van der Waals surface area contributed by atoms with Gasteiger partial charge in [0.25, 0.3) is 0 Å². The van der Waals surface area contributed by atoms with Crippen LogP contribution in [0.15, 0.2) is 0 Å². The molecule has 0 aromatic rings. The van der Waals surface area contributed by atoms with Gasteiger partial charge in [0.05, 0.1) is 0 Å². The number of rotatable bonds is 7. The quantitative estimate of drug-likeness (QED) is 0.305. The SMILES string of the molecule is CC[CH-]CCCCCCC.O=[P+](O)O.[K+]. The van der Waals surface area contributed by atoms with Gasteiger partial charge in [0.2, 0.25) is 0 Å². The van der Waals surface area contributed by atoms with Crippen LogP contribution in [0.1, 0.15) is 58.8 Å². The summed E-state index contributed by atoms with van der Waals surface area (Å²) < 4.78 is 8.70. The smallest absolute Gasteiger partial charge is 0.329 e. The third-order valence-electron chi connectivity index (χ3n) is 1.80. The fourth-order valence-electron chi connectivity index (χ4n) is 1.10. The zero-order valence-corrected chi connectivity index (χ0v) is 14.3. The van der Waals surface area contributed by atoms with Gasteiger partial charge in [0.1, 0.15) is 0 Å². The molecule has 0 fully saturated rings. The van der Waals surface area contributed by atoms with E-state index in [0.29, 0.717) is 0 Å². The summed E-state index contributed by atoms with van der Waals surface area (Å²) in [5.74, 6) is 0. The second-order valence-electron chi connectivity index (χ2n) is 3.15. The van der Waals surface area contributed by atoms with E-state index in [1.165, 1.54) is 44.9 Å². The molecular formula is C10H23KO3P+. The van der Waals surface area contributed by atoms with Crippen molar-refractivity contribution in [3.05, 3.63) is 6.42 Å². The molecule has 0 spiro atoms. The molecular weight excluding hydrogens is 238 g/mol. The van der Waals surface area contributed by atoms with Crippen LogP contribution in [0, 0.1) is 6.42 Å². The van der Waals surface area contributed by atoms with Crippen molar-refractivity contribution in [2.75, 3.05) is 0 Å². The largest absolute Gasteiger partial charge is 1.00 e. The first kappa shape index (κ1) is 21.9. The predicted octanol–water partition coefficient (Wildman–Crippen LogP) is 0.594. The van der Waals surface area contributed by atoms with Gasteiger partial charge in [-0.15, -0.1) is 9.79 Å². The van der Waals surface area contributed by atoms with E-state index in [1.807, 2.05) is 0 Å². The van der Waals surface area contributed by atoms with E-state index < -0.39 is 8.25 Å². The average molecular weight is 261 g/mol. The first-order valence-electron chi connectivity index (χ1n) is 5.31. The van der Waals surface area contributed by atoms with E-state index in [2.05, 4.69) is 20.3 Å². The molecule has 0 aromatic carbocycles. The molecule has 0 unspecified atom stereocenters. The van der Waals surface area contributed by atoms with Crippen LogP contribution in [0.2, 0.25) is 0 Å². The van der Waals surface area contributed by atoms with Gasteiger partial charge in [-0.3, -0.25) is 0 Å². The Morgan fingerprint density at radius 3 is 1.93 bits per heavy atom. The van der Waals surface area contributed by atoms with Gasteiger partial charge in [0.15, 0.2) is 0 Å². The number of hydrogen-bond donors (Lipinski definition) is 2. The maximum atomic E-state index is 8.70. The van der Waals surface area contributed by atoms with Crippen molar-refractivity contribution in [3.8, 4) is 0 Å². The molecule has 0 heterocycles. The molecule has 0 aliphatic rings. The van der Waals surface area contributed by atoms with Crippen molar-refractivity contribution in [2.45, 2.75) is 58.8 Å². The minimum Gasteiger partial charge on any atom is -0.329 e. The molecule has 15 heavy (non-hydrogen) atoms. The van der Waals surface area contributed by atoms with E-state index in [-0.39, 0.29) is 51.4 Å². The van der Waals surface area contributed by atoms with Crippen molar-refractivity contribution in [1.82, 2.24) is 0 Å². The third-order valence-corrected chi connectivity index (χ3v) is 1.80. The van der Waals surface area contributed by atoms with Gasteiger partial charge in [-0.25, -0.2) is 0 Å². The van der Waals surface area contributed by atoms with E-state index in [1.54, 1.807) is 0 Å². The zero-order valence-electron chi connectivity index (χ0n) is 10.3. The van der Waals surface area contributed by atoms with Gasteiger partial charge >= 0.3 is 59.6 Å². The van der Waals surface area contributed by atoms with E-state index >= 15 is 0 Å². The minimum atomic E-state index is -2.87. The first-order chi connectivity index (χ1) is 6.65. The van der Waals surface area contributed by atoms with Crippen LogP contribution < -0.4 is 51.4 Å². The topological polar surface area (TPSA) is 57.5 Å². The van der Waals surface area contributed by atoms with Gasteiger partial charge in [-0.1, -0.05) is 46.0 Å². The molecule has 0 saturated heterocycles. The maximum absolute atomic E-state index is 8.70. The molecule has 0 aliphatic heterocycles. The van der Waals surface area contributed by atoms with Gasteiger partial charge in [0, 0.05) is 4.57 Å². The molecule has 3 nitrogen and oxygen atoms in total. The van der Waals surface area contributed by atoms with Crippen molar-refractivity contribution < 1.29 is 65.7 Å². The van der Waals surface area contributed by atoms with Crippen molar-refractivity contribution in [3.63, 3.8) is 0 Å². The summed E-state index contributed by atoms with van der Waals surface area (Å²) >= 11 is 0. The molecule has 2 N–H and O–H groups in total. The normalized spacial score (nSPS) is 8.53. The Hall–Kier alpha value is 1.66. The van der Waals surface area contributed by atoms with Crippen LogP contribution in [0.3, 0.4) is 0 Å². The van der Waals surface area contributed by atoms with Crippen LogP contribution in [0.25, 0.3) is 0 Å².